The number of nitrogens with zero attached hydrogens (tertiary/aromatic N) is 4. The maximum atomic E-state index is 11.1. The number of hydrogen-bond donors (Lipinski definition) is 0. The Morgan fingerprint density at radius 3 is 1.69 bits per heavy atom. The fourth-order valence-electron chi connectivity index (χ4n) is 12.3. The summed E-state index contributed by atoms with van der Waals surface area (Å²) in [5, 5.41) is -2.66. The van der Waals surface area contributed by atoms with Crippen LogP contribution in [-0.4, -0.2) is 22.2 Å². The van der Waals surface area contributed by atoms with Crippen LogP contribution >= 0.6 is 0 Å². The quantitative estimate of drug-likeness (QED) is 0.0592. The van der Waals surface area contributed by atoms with Crippen molar-refractivity contribution in [2.24, 2.45) is 0 Å². The number of hydrogen-bond acceptors (Lipinski definition) is 2. The summed E-state index contributed by atoms with van der Waals surface area (Å²) < 4.78 is 273. The fraction of sp³-hybridized carbons (Fsp3) is 0.0930. The molecule has 0 saturated heterocycles. The Morgan fingerprint density at radius 1 is 0.452 bits per heavy atom. The third kappa shape index (κ3) is 10.2. The van der Waals surface area contributed by atoms with Gasteiger partial charge in [-0.2, -0.15) is 18.2 Å². The van der Waals surface area contributed by atoms with Crippen LogP contribution in [0.15, 0.2) is 291 Å². The van der Waals surface area contributed by atoms with E-state index in [-0.39, 0.29) is 82.5 Å². The molecule has 12 aromatic carbocycles. The van der Waals surface area contributed by atoms with Crippen molar-refractivity contribution >= 4 is 61.7 Å². The number of para-hydroxylation sites is 2. The van der Waals surface area contributed by atoms with E-state index in [1.54, 1.807) is 48.7 Å². The summed E-state index contributed by atoms with van der Waals surface area (Å²) in [5.74, 6) is 0.875. The molecule has 16 rings (SSSR count). The van der Waals surface area contributed by atoms with E-state index in [9.17, 15) is 32.9 Å². The van der Waals surface area contributed by atoms with Crippen LogP contribution in [-0.2, 0) is 31.9 Å². The van der Waals surface area contributed by atoms with Crippen LogP contribution in [0.5, 0.6) is 11.5 Å². The first-order valence-electron chi connectivity index (χ1n) is 43.1. The summed E-state index contributed by atoms with van der Waals surface area (Å²) in [6.07, 6.45) is 5.27. The second-order valence-electron chi connectivity index (χ2n) is 24.3. The van der Waals surface area contributed by atoms with Gasteiger partial charge in [-0.25, -0.2) is 4.98 Å². The van der Waals surface area contributed by atoms with Gasteiger partial charge in [-0.1, -0.05) is 277 Å². The maximum Gasteiger partial charge on any atom is 0.268 e. The van der Waals surface area contributed by atoms with Gasteiger partial charge in [0.1, 0.15) is 5.82 Å². The molecule has 0 saturated carbocycles. The number of aromatic nitrogens is 4. The summed E-state index contributed by atoms with van der Waals surface area (Å²) in [5.41, 5.74) is 0.755. The van der Waals surface area contributed by atoms with Crippen molar-refractivity contribution < 1.29 is 67.4 Å². The Bertz CT molecular complexity index is 6780. The van der Waals surface area contributed by atoms with Gasteiger partial charge in [-0.15, -0.1) is 29.7 Å². The SMILES string of the molecule is [2H]c1c([2H])c([2H])c([Si](c2c([2H])c([2H])c([2H])c([2H])c2[2H])(c2c([2H])c([2H])c([2H])c([2H])c2[2H])c2c([2H])c([2H])c([2H])c(-c3cc4c5c(c3)n(-c3[c-]c(Oc6[c-]c7c(cc6)c6ccccc6n7-c6cc(C(C)(C)C)ccn6)ccc3)[c-][n+]5-c3c(-c5ccc(C(C)(C)C)cc5)cccc3-c3c([2H])c([2H])c([2H])c([2H])c3-c3c([2H])c([2H])c([2H])c([2H])c3-4)c2[2H])c([2H])c1[2H].[Pt]. The van der Waals surface area contributed by atoms with Crippen molar-refractivity contribution in [2.75, 3.05) is 0 Å². The van der Waals surface area contributed by atoms with E-state index >= 15 is 0 Å². The van der Waals surface area contributed by atoms with Gasteiger partial charge < -0.3 is 13.9 Å². The van der Waals surface area contributed by atoms with Gasteiger partial charge in [-0.05, 0) is 134 Å². The van der Waals surface area contributed by atoms with Gasteiger partial charge in [0.15, 0.2) is 8.07 Å². The standard InChI is InChI=1S/C86H66N4OSi.Pt/c1-85(2,3)61-45-43-58(44-46-61)70-40-24-41-77-73-37-18-16-35-71(73)72-36-17-19-38-74(72)78-52-60(59-25-22-34-69(51-59)92(66-28-10-7-11-29-66,67-30-12-8-13-31-67)68-32-14-9-15-33-68)53-81-84(78)89(83(70)77)57-88(81)63-26-23-27-64(55-63)91-65-47-48-76-75-39-20-21-42-79(75)90(80(76)56-65)82-54-62(49-50-87-82)86(4,5)6;/h7-54H,1-6H3;/q-2;/i7D,8D,9D,10D,11D,12D,13D,14D,15D,16D,17D,18D,19D,22D,25D,28D,29D,30D,31D,32D,33D,34D,35D,36D,37D,38D,51D;. The minimum absolute atomic E-state index is 0. The molecule has 93 heavy (non-hydrogen) atoms. The molecule has 0 bridgehead atoms. The second kappa shape index (κ2) is 23.5. The first-order chi connectivity index (χ1) is 56.1. The number of imidazole rings is 1. The Balaban J connectivity index is 0.0000112. The minimum Gasteiger partial charge on any atom is -0.510 e. The maximum absolute atomic E-state index is 11.1. The Labute approximate surface area is 597 Å². The third-order valence-corrected chi connectivity index (χ3v) is 20.8. The molecule has 452 valence electrons. The molecule has 0 fully saturated rings. The molecule has 0 amide bonds. The molecular weight excluding hydrogens is 1330 g/mol. The normalized spacial score (nSPS) is 16.2. The molecule has 1 aliphatic heterocycles. The van der Waals surface area contributed by atoms with E-state index in [4.69, 9.17) is 13.8 Å². The Morgan fingerprint density at radius 2 is 1.03 bits per heavy atom. The van der Waals surface area contributed by atoms with E-state index in [1.807, 2.05) is 92.1 Å². The van der Waals surface area contributed by atoms with Crippen LogP contribution in [0.1, 0.15) is 89.7 Å². The number of fused-ring (bicyclic) bond motifs is 10. The summed E-state index contributed by atoms with van der Waals surface area (Å²) in [7, 11) is -6.50. The molecule has 3 aromatic heterocycles. The van der Waals surface area contributed by atoms with Crippen LogP contribution in [0.4, 0.5) is 0 Å². The van der Waals surface area contributed by atoms with E-state index in [0.29, 0.717) is 22.5 Å². The predicted molar refractivity (Wildman–Crippen MR) is 382 cm³/mol. The largest absolute Gasteiger partial charge is 0.510 e. The Kier molecular flexibility index (Phi) is 9.11. The molecule has 0 aliphatic carbocycles. The average Bonchev–Trinajstić information content (AvgIpc) is 0.732. The average molecular weight is 1420 g/mol. The zero-order chi connectivity index (χ0) is 85.8. The summed E-state index contributed by atoms with van der Waals surface area (Å²) >= 11 is 0. The molecule has 15 aromatic rings. The second-order valence-corrected chi connectivity index (χ2v) is 27.8. The molecule has 7 heteroatoms. The number of benzene rings is 12. The van der Waals surface area contributed by atoms with Crippen LogP contribution < -0.4 is 30.1 Å². The predicted octanol–water partition coefficient (Wildman–Crippen LogP) is 18.2. The molecule has 0 atom stereocenters. The van der Waals surface area contributed by atoms with Crippen molar-refractivity contribution in [1.82, 2.24) is 14.1 Å². The van der Waals surface area contributed by atoms with E-state index < -0.39 is 220 Å². The molecule has 0 spiro atoms. The van der Waals surface area contributed by atoms with Gasteiger partial charge in [-0.3, -0.25) is 4.57 Å². The summed E-state index contributed by atoms with van der Waals surface area (Å²) in [4.78, 5) is 4.84. The molecule has 0 unspecified atom stereocenters. The van der Waals surface area contributed by atoms with E-state index in [2.05, 4.69) is 39.2 Å². The minimum atomic E-state index is -6.50. The molecule has 5 nitrogen and oxygen atoms in total. The van der Waals surface area contributed by atoms with E-state index in [1.165, 1.54) is 21.3 Å². The zero-order valence-corrected chi connectivity index (χ0v) is 53.9. The van der Waals surface area contributed by atoms with Crippen molar-refractivity contribution in [1.29, 1.82) is 0 Å². The van der Waals surface area contributed by atoms with Crippen molar-refractivity contribution in [3.8, 4) is 84.3 Å². The molecule has 0 N–H and O–H groups in total. The van der Waals surface area contributed by atoms with Gasteiger partial charge in [0, 0.05) is 44.3 Å². The van der Waals surface area contributed by atoms with Crippen LogP contribution in [0.2, 0.25) is 0 Å². The van der Waals surface area contributed by atoms with E-state index in [0.717, 1.165) is 27.4 Å². The fourth-order valence-corrected chi connectivity index (χ4v) is 15.9. The molecule has 1 aliphatic rings. The van der Waals surface area contributed by atoms with Crippen molar-refractivity contribution in [2.45, 2.75) is 52.4 Å². The molecular formula is C86H66N4OPtSi-2. The van der Waals surface area contributed by atoms with Gasteiger partial charge in [0.25, 0.3) is 6.33 Å². The number of ether oxygens (including phenoxy) is 1. The van der Waals surface area contributed by atoms with Gasteiger partial charge in [0.2, 0.25) is 0 Å². The zero-order valence-electron chi connectivity index (χ0n) is 77.6. The van der Waals surface area contributed by atoms with Gasteiger partial charge >= 0.3 is 0 Å². The summed E-state index contributed by atoms with van der Waals surface area (Å²) in [6, 6.07) is 13.8. The van der Waals surface area contributed by atoms with Gasteiger partial charge in [0.05, 0.1) is 53.7 Å². The number of pyridine rings is 1. The van der Waals surface area contributed by atoms with Crippen LogP contribution in [0, 0.1) is 18.5 Å². The first-order valence-corrected chi connectivity index (χ1v) is 31.6. The smallest absolute Gasteiger partial charge is 0.268 e. The summed E-state index contributed by atoms with van der Waals surface area (Å²) in [6.45, 7) is 12.4. The molecule has 4 heterocycles. The topological polar surface area (TPSA) is 35.9 Å². The monoisotopic (exact) mass is 1420 g/mol. The van der Waals surface area contributed by atoms with Crippen molar-refractivity contribution in [3.63, 3.8) is 0 Å². The molecule has 0 radical (unpaired) electrons. The van der Waals surface area contributed by atoms with Crippen LogP contribution in [0.3, 0.4) is 0 Å². The number of rotatable bonds is 10. The first kappa shape index (κ1) is 36.1. The van der Waals surface area contributed by atoms with Crippen molar-refractivity contribution in [3.05, 3.63) is 320 Å². The van der Waals surface area contributed by atoms with Crippen LogP contribution in [0.25, 0.3) is 106 Å². The third-order valence-electron chi connectivity index (χ3n) is 16.8. The Hall–Kier alpha value is -10.2.